The van der Waals surface area contributed by atoms with Crippen LogP contribution in [0.25, 0.3) is 11.5 Å². The molecule has 0 fully saturated rings. The Morgan fingerprint density at radius 3 is 2.86 bits per heavy atom. The van der Waals surface area contributed by atoms with Crippen LogP contribution in [0.4, 0.5) is 0 Å². The van der Waals surface area contributed by atoms with Gasteiger partial charge in [-0.15, -0.1) is 0 Å². The third kappa shape index (κ3) is 3.03. The van der Waals surface area contributed by atoms with Gasteiger partial charge in [0, 0.05) is 24.1 Å². The molecule has 21 heavy (non-hydrogen) atoms. The summed E-state index contributed by atoms with van der Waals surface area (Å²) >= 11 is 0. The Labute approximate surface area is 122 Å². The van der Waals surface area contributed by atoms with Gasteiger partial charge in [-0.3, -0.25) is 4.79 Å². The molecule has 1 heterocycles. The van der Waals surface area contributed by atoms with Crippen LogP contribution in [-0.4, -0.2) is 28.6 Å². The van der Waals surface area contributed by atoms with Crippen LogP contribution in [0.1, 0.15) is 16.9 Å². The van der Waals surface area contributed by atoms with Crippen molar-refractivity contribution in [1.82, 2.24) is 10.3 Å². The van der Waals surface area contributed by atoms with E-state index in [4.69, 9.17) is 9.52 Å². The highest BCUT2D eigenvalue weighted by molar-refractivity contribution is 5.92. The van der Waals surface area contributed by atoms with E-state index in [-0.39, 0.29) is 30.2 Å². The Morgan fingerprint density at radius 1 is 1.33 bits per heavy atom. The minimum atomic E-state index is -0.269. The van der Waals surface area contributed by atoms with E-state index < -0.39 is 0 Å². The smallest absolute Gasteiger partial charge is 0.273 e. The normalized spacial score (nSPS) is 20.6. The van der Waals surface area contributed by atoms with Gasteiger partial charge in [-0.05, 0) is 18.6 Å². The van der Waals surface area contributed by atoms with E-state index in [0.29, 0.717) is 12.3 Å². The van der Waals surface area contributed by atoms with Crippen LogP contribution in [0, 0.1) is 5.92 Å². The Balaban J connectivity index is 1.66. The number of nitrogens with zero attached hydrogens (tertiary/aromatic N) is 1. The molecule has 5 heteroatoms. The number of oxazole rings is 1. The highest BCUT2D eigenvalue weighted by Gasteiger charge is 2.21. The summed E-state index contributed by atoms with van der Waals surface area (Å²) < 4.78 is 5.35. The summed E-state index contributed by atoms with van der Waals surface area (Å²) in [4.78, 5) is 16.3. The summed E-state index contributed by atoms with van der Waals surface area (Å²) in [6, 6.07) is 9.36. The maximum atomic E-state index is 12.1. The zero-order valence-corrected chi connectivity index (χ0v) is 11.4. The van der Waals surface area contributed by atoms with E-state index in [9.17, 15) is 4.79 Å². The number of amides is 1. The van der Waals surface area contributed by atoms with Crippen LogP contribution in [0.2, 0.25) is 0 Å². The number of carbonyl (C=O) groups excluding carboxylic acids is 1. The van der Waals surface area contributed by atoms with Gasteiger partial charge in [0.05, 0.1) is 0 Å². The standard InChI is InChI=1S/C16H16N2O3/c19-9-11-6-7-13(8-11)17-15(20)14-10-21-16(18-14)12-4-2-1-3-5-12/h1-7,10-11,13,19H,8-9H2,(H,17,20)/t11-,13+/m0/s1. The Morgan fingerprint density at radius 2 is 2.14 bits per heavy atom. The first-order chi connectivity index (χ1) is 10.3. The van der Waals surface area contributed by atoms with E-state index in [1.54, 1.807) is 0 Å². The van der Waals surface area contributed by atoms with Gasteiger partial charge >= 0.3 is 0 Å². The number of nitrogens with one attached hydrogen (secondary N) is 1. The second-order valence-corrected chi connectivity index (χ2v) is 5.05. The fourth-order valence-corrected chi connectivity index (χ4v) is 2.35. The minimum absolute atomic E-state index is 0.0634. The molecule has 1 amide bonds. The van der Waals surface area contributed by atoms with Gasteiger partial charge in [0.1, 0.15) is 6.26 Å². The molecule has 1 aliphatic carbocycles. The summed E-state index contributed by atoms with van der Waals surface area (Å²) in [5, 5.41) is 11.9. The van der Waals surface area contributed by atoms with Crippen molar-refractivity contribution in [2.75, 3.05) is 6.61 Å². The van der Waals surface area contributed by atoms with E-state index in [1.807, 2.05) is 42.5 Å². The summed E-state index contributed by atoms with van der Waals surface area (Å²) in [7, 11) is 0. The summed E-state index contributed by atoms with van der Waals surface area (Å²) in [5.74, 6) is 0.276. The quantitative estimate of drug-likeness (QED) is 0.842. The second-order valence-electron chi connectivity index (χ2n) is 5.05. The number of aliphatic hydroxyl groups is 1. The van der Waals surface area contributed by atoms with Gasteiger partial charge < -0.3 is 14.8 Å². The average Bonchev–Trinajstić information content (AvgIpc) is 3.17. The van der Waals surface area contributed by atoms with Gasteiger partial charge in [-0.1, -0.05) is 30.4 Å². The number of aliphatic hydroxyl groups excluding tert-OH is 1. The average molecular weight is 284 g/mol. The van der Waals surface area contributed by atoms with Crippen LogP contribution in [0.15, 0.2) is 53.2 Å². The monoisotopic (exact) mass is 284 g/mol. The second kappa shape index (κ2) is 5.93. The molecule has 0 radical (unpaired) electrons. The molecular weight excluding hydrogens is 268 g/mol. The Bertz CT molecular complexity index is 649. The largest absolute Gasteiger partial charge is 0.444 e. The number of carbonyl (C=O) groups is 1. The molecule has 108 valence electrons. The topological polar surface area (TPSA) is 75.4 Å². The first-order valence-corrected chi connectivity index (χ1v) is 6.87. The molecule has 0 unspecified atom stereocenters. The third-order valence-corrected chi connectivity index (χ3v) is 3.48. The van der Waals surface area contributed by atoms with Crippen molar-refractivity contribution in [2.24, 2.45) is 5.92 Å². The van der Waals surface area contributed by atoms with Crippen LogP contribution in [0.3, 0.4) is 0 Å². The first-order valence-electron chi connectivity index (χ1n) is 6.87. The third-order valence-electron chi connectivity index (χ3n) is 3.48. The van der Waals surface area contributed by atoms with Crippen molar-refractivity contribution in [3.8, 4) is 11.5 Å². The predicted octanol–water partition coefficient (Wildman–Crippen LogP) is 2.01. The fourth-order valence-electron chi connectivity index (χ4n) is 2.35. The maximum absolute atomic E-state index is 12.1. The molecule has 1 aromatic carbocycles. The van der Waals surface area contributed by atoms with Crippen LogP contribution >= 0.6 is 0 Å². The molecule has 2 atom stereocenters. The fraction of sp³-hybridized carbons (Fsp3) is 0.250. The lowest BCUT2D eigenvalue weighted by Gasteiger charge is -2.11. The molecule has 0 spiro atoms. The zero-order chi connectivity index (χ0) is 14.7. The van der Waals surface area contributed by atoms with Crippen molar-refractivity contribution < 1.29 is 14.3 Å². The molecule has 0 bridgehead atoms. The molecule has 0 saturated heterocycles. The number of rotatable bonds is 4. The van der Waals surface area contributed by atoms with Crippen molar-refractivity contribution in [2.45, 2.75) is 12.5 Å². The molecule has 2 N–H and O–H groups in total. The highest BCUT2D eigenvalue weighted by Crippen LogP contribution is 2.19. The SMILES string of the molecule is O=C(N[C@@H]1C=C[C@H](CO)C1)c1coc(-c2ccccc2)n1. The highest BCUT2D eigenvalue weighted by atomic mass is 16.3. The lowest BCUT2D eigenvalue weighted by molar-refractivity contribution is 0.0936. The number of hydrogen-bond acceptors (Lipinski definition) is 4. The molecule has 1 aliphatic rings. The van der Waals surface area contributed by atoms with Gasteiger partial charge in [-0.25, -0.2) is 4.98 Å². The lowest BCUT2D eigenvalue weighted by atomic mass is 10.1. The van der Waals surface area contributed by atoms with E-state index >= 15 is 0 Å². The molecule has 0 saturated carbocycles. The Kier molecular flexibility index (Phi) is 3.83. The predicted molar refractivity (Wildman–Crippen MR) is 77.5 cm³/mol. The zero-order valence-electron chi connectivity index (χ0n) is 11.4. The minimum Gasteiger partial charge on any atom is -0.444 e. The lowest BCUT2D eigenvalue weighted by Crippen LogP contribution is -2.33. The maximum Gasteiger partial charge on any atom is 0.273 e. The number of hydrogen-bond donors (Lipinski definition) is 2. The van der Waals surface area contributed by atoms with E-state index in [2.05, 4.69) is 10.3 Å². The van der Waals surface area contributed by atoms with Gasteiger partial charge in [0.2, 0.25) is 5.89 Å². The summed E-state index contributed by atoms with van der Waals surface area (Å²) in [6.07, 6.45) is 5.89. The molecule has 5 nitrogen and oxygen atoms in total. The van der Waals surface area contributed by atoms with Gasteiger partial charge in [0.25, 0.3) is 5.91 Å². The number of aromatic nitrogens is 1. The van der Waals surface area contributed by atoms with Gasteiger partial charge in [0.15, 0.2) is 5.69 Å². The van der Waals surface area contributed by atoms with Crippen LogP contribution in [0.5, 0.6) is 0 Å². The van der Waals surface area contributed by atoms with Crippen molar-refractivity contribution in [3.05, 3.63) is 54.4 Å². The summed E-state index contributed by atoms with van der Waals surface area (Å²) in [6.45, 7) is 0.102. The first kappa shape index (κ1) is 13.6. The summed E-state index contributed by atoms with van der Waals surface area (Å²) in [5.41, 5.74) is 1.09. The molecule has 1 aromatic heterocycles. The Hall–Kier alpha value is -2.40. The van der Waals surface area contributed by atoms with Crippen LogP contribution < -0.4 is 5.32 Å². The van der Waals surface area contributed by atoms with Crippen molar-refractivity contribution in [3.63, 3.8) is 0 Å². The van der Waals surface area contributed by atoms with Crippen molar-refractivity contribution >= 4 is 5.91 Å². The van der Waals surface area contributed by atoms with E-state index in [0.717, 1.165) is 5.56 Å². The van der Waals surface area contributed by atoms with Crippen LogP contribution in [-0.2, 0) is 0 Å². The number of benzene rings is 1. The molecule has 2 aromatic rings. The van der Waals surface area contributed by atoms with Gasteiger partial charge in [-0.2, -0.15) is 0 Å². The van der Waals surface area contributed by atoms with Crippen molar-refractivity contribution in [1.29, 1.82) is 0 Å². The molecule has 0 aliphatic heterocycles. The molecular formula is C16H16N2O3. The molecule has 3 rings (SSSR count). The van der Waals surface area contributed by atoms with E-state index in [1.165, 1.54) is 6.26 Å².